The molecule has 0 heterocycles. The maximum absolute atomic E-state index is 13.3. The number of hydrogen-bond donors (Lipinski definition) is 1. The largest absolute Gasteiger partial charge is 0.493 e. The molecular formula is C26H29FN2O4. The predicted octanol–water partition coefficient (Wildman–Crippen LogP) is 4.45. The summed E-state index contributed by atoms with van der Waals surface area (Å²) in [4.78, 5) is 14.9. The van der Waals surface area contributed by atoms with Crippen LogP contribution in [0.1, 0.15) is 27.5 Å². The maximum atomic E-state index is 13.3. The van der Waals surface area contributed by atoms with E-state index in [2.05, 4.69) is 5.32 Å². The van der Waals surface area contributed by atoms with Gasteiger partial charge >= 0.3 is 0 Å². The van der Waals surface area contributed by atoms with Gasteiger partial charge in [-0.1, -0.05) is 42.5 Å². The molecule has 0 radical (unpaired) electrons. The molecule has 0 aliphatic heterocycles. The lowest BCUT2D eigenvalue weighted by Gasteiger charge is -2.25. The van der Waals surface area contributed by atoms with Gasteiger partial charge in [-0.15, -0.1) is 0 Å². The average molecular weight is 453 g/mol. The first kappa shape index (κ1) is 24.1. The zero-order valence-electron chi connectivity index (χ0n) is 19.3. The summed E-state index contributed by atoms with van der Waals surface area (Å²) >= 11 is 0. The third kappa shape index (κ3) is 6.23. The summed E-state index contributed by atoms with van der Waals surface area (Å²) in [5.41, 5.74) is 2.29. The number of nitrogens with one attached hydrogen (secondary N) is 1. The molecule has 6 nitrogen and oxygen atoms in total. The number of benzene rings is 3. The zero-order chi connectivity index (χ0) is 23.8. The van der Waals surface area contributed by atoms with Crippen LogP contribution in [0.2, 0.25) is 0 Å². The highest BCUT2D eigenvalue weighted by Crippen LogP contribution is 2.39. The summed E-state index contributed by atoms with van der Waals surface area (Å²) in [6.07, 6.45) is 0. The lowest BCUT2D eigenvalue weighted by molar-refractivity contribution is 0.0941. The lowest BCUT2D eigenvalue weighted by Crippen LogP contribution is -2.34. The van der Waals surface area contributed by atoms with Crippen molar-refractivity contribution in [3.63, 3.8) is 0 Å². The molecule has 0 spiro atoms. The maximum Gasteiger partial charge on any atom is 0.251 e. The Morgan fingerprint density at radius 3 is 2.12 bits per heavy atom. The van der Waals surface area contributed by atoms with E-state index in [-0.39, 0.29) is 17.8 Å². The second-order valence-electron chi connectivity index (χ2n) is 7.73. The van der Waals surface area contributed by atoms with Crippen LogP contribution < -0.4 is 19.5 Å². The Kier molecular flexibility index (Phi) is 8.27. The number of ether oxygens (including phenoxy) is 3. The Balaban J connectivity index is 1.76. The van der Waals surface area contributed by atoms with Gasteiger partial charge in [0.1, 0.15) is 12.4 Å². The molecule has 3 rings (SSSR count). The van der Waals surface area contributed by atoms with Crippen molar-refractivity contribution >= 4 is 5.91 Å². The summed E-state index contributed by atoms with van der Waals surface area (Å²) in [5.74, 6) is 0.651. The summed E-state index contributed by atoms with van der Waals surface area (Å²) in [6, 6.07) is 19.1. The third-order valence-corrected chi connectivity index (χ3v) is 5.28. The number of likely N-dealkylation sites (N-methyl/N-ethyl adjacent to an activating group) is 1. The van der Waals surface area contributed by atoms with Gasteiger partial charge in [0, 0.05) is 12.1 Å². The molecule has 0 saturated heterocycles. The summed E-state index contributed by atoms with van der Waals surface area (Å²) in [6.45, 7) is 0.676. The first-order valence-corrected chi connectivity index (χ1v) is 10.6. The highest BCUT2D eigenvalue weighted by Gasteiger charge is 2.20. The van der Waals surface area contributed by atoms with Crippen LogP contribution in [-0.4, -0.2) is 45.7 Å². The number of hydrogen-bond acceptors (Lipinski definition) is 5. The molecule has 33 heavy (non-hydrogen) atoms. The number of amides is 1. The van der Waals surface area contributed by atoms with Gasteiger partial charge in [0.25, 0.3) is 5.91 Å². The minimum absolute atomic E-state index is 0.119. The monoisotopic (exact) mass is 452 g/mol. The van der Waals surface area contributed by atoms with E-state index in [9.17, 15) is 9.18 Å². The van der Waals surface area contributed by atoms with Crippen LogP contribution in [0.5, 0.6) is 17.2 Å². The summed E-state index contributed by atoms with van der Waals surface area (Å²) in [7, 11) is 6.85. The van der Waals surface area contributed by atoms with Crippen molar-refractivity contribution in [2.24, 2.45) is 0 Å². The molecule has 0 aliphatic rings. The van der Waals surface area contributed by atoms with Crippen LogP contribution >= 0.6 is 0 Å². The summed E-state index contributed by atoms with van der Waals surface area (Å²) < 4.78 is 30.2. The van der Waals surface area contributed by atoms with E-state index in [4.69, 9.17) is 14.2 Å². The fourth-order valence-electron chi connectivity index (χ4n) is 3.46. The van der Waals surface area contributed by atoms with Crippen LogP contribution in [0.3, 0.4) is 0 Å². The molecule has 3 aromatic rings. The van der Waals surface area contributed by atoms with Crippen LogP contribution in [0.15, 0.2) is 66.7 Å². The normalized spacial score (nSPS) is 11.7. The van der Waals surface area contributed by atoms with Gasteiger partial charge < -0.3 is 24.4 Å². The van der Waals surface area contributed by atoms with Crippen molar-refractivity contribution in [3.05, 3.63) is 89.2 Å². The molecule has 1 unspecified atom stereocenters. The smallest absolute Gasteiger partial charge is 0.251 e. The Morgan fingerprint density at radius 1 is 0.970 bits per heavy atom. The van der Waals surface area contributed by atoms with E-state index in [1.165, 1.54) is 26.4 Å². The molecule has 3 aromatic carbocycles. The third-order valence-electron chi connectivity index (χ3n) is 5.28. The predicted molar refractivity (Wildman–Crippen MR) is 125 cm³/mol. The van der Waals surface area contributed by atoms with Gasteiger partial charge in [-0.25, -0.2) is 4.39 Å². The van der Waals surface area contributed by atoms with Gasteiger partial charge in [-0.05, 0) is 49.5 Å². The van der Waals surface area contributed by atoms with Gasteiger partial charge in [0.15, 0.2) is 11.5 Å². The standard InChI is InChI=1S/C26H29FN2O4/c1-29(2)22(19-10-12-21(27)13-11-19)16-28-26(30)20-14-23(31-3)25(24(15-20)32-4)33-17-18-8-6-5-7-9-18/h5-15,22H,16-17H2,1-4H3,(H,28,30). The molecule has 174 valence electrons. The highest BCUT2D eigenvalue weighted by molar-refractivity contribution is 5.95. The van der Waals surface area contributed by atoms with E-state index in [1.54, 1.807) is 24.3 Å². The number of carbonyl (C=O) groups is 1. The second-order valence-corrected chi connectivity index (χ2v) is 7.73. The van der Waals surface area contributed by atoms with Crippen molar-refractivity contribution in [2.45, 2.75) is 12.6 Å². The quantitative estimate of drug-likeness (QED) is 0.492. The van der Waals surface area contributed by atoms with Gasteiger partial charge in [-0.2, -0.15) is 0 Å². The number of rotatable bonds is 10. The zero-order valence-corrected chi connectivity index (χ0v) is 19.3. The van der Waals surface area contributed by atoms with E-state index < -0.39 is 0 Å². The minimum atomic E-state index is -0.297. The molecule has 0 aromatic heterocycles. The van der Waals surface area contributed by atoms with E-state index >= 15 is 0 Å². The first-order valence-electron chi connectivity index (χ1n) is 10.6. The molecule has 0 fully saturated rings. The Morgan fingerprint density at radius 2 is 1.58 bits per heavy atom. The van der Waals surface area contributed by atoms with E-state index in [1.807, 2.05) is 49.3 Å². The molecule has 1 atom stereocenters. The first-order chi connectivity index (χ1) is 15.9. The van der Waals surface area contributed by atoms with Crippen molar-refractivity contribution in [1.29, 1.82) is 0 Å². The lowest BCUT2D eigenvalue weighted by atomic mass is 10.1. The van der Waals surface area contributed by atoms with E-state index in [0.717, 1.165) is 11.1 Å². The topological polar surface area (TPSA) is 60.0 Å². The average Bonchev–Trinajstić information content (AvgIpc) is 2.83. The minimum Gasteiger partial charge on any atom is -0.493 e. The molecule has 1 N–H and O–H groups in total. The molecule has 0 saturated carbocycles. The van der Waals surface area contributed by atoms with Crippen LogP contribution in [0.4, 0.5) is 4.39 Å². The second kappa shape index (κ2) is 11.3. The number of halogens is 1. The van der Waals surface area contributed by atoms with Gasteiger partial charge in [0.2, 0.25) is 5.75 Å². The van der Waals surface area contributed by atoms with Gasteiger partial charge in [0.05, 0.1) is 20.3 Å². The fraction of sp³-hybridized carbons (Fsp3) is 0.269. The summed E-state index contributed by atoms with van der Waals surface area (Å²) in [5, 5.41) is 2.95. The van der Waals surface area contributed by atoms with Crippen LogP contribution in [0.25, 0.3) is 0 Å². The Bertz CT molecular complexity index is 1030. The number of nitrogens with zero attached hydrogens (tertiary/aromatic N) is 1. The number of methoxy groups -OCH3 is 2. The van der Waals surface area contributed by atoms with Crippen molar-refractivity contribution in [1.82, 2.24) is 10.2 Å². The molecule has 7 heteroatoms. The number of carbonyl (C=O) groups excluding carboxylic acids is 1. The van der Waals surface area contributed by atoms with E-state index in [0.29, 0.717) is 36.0 Å². The molecule has 0 bridgehead atoms. The Hall–Kier alpha value is -3.58. The van der Waals surface area contributed by atoms with Crippen LogP contribution in [-0.2, 0) is 6.61 Å². The van der Waals surface area contributed by atoms with Crippen LogP contribution in [0, 0.1) is 5.82 Å². The molecule has 1 amide bonds. The SMILES string of the molecule is COc1cc(C(=O)NCC(c2ccc(F)cc2)N(C)C)cc(OC)c1OCc1ccccc1. The molecule has 0 aliphatic carbocycles. The van der Waals surface area contributed by atoms with Crippen molar-refractivity contribution in [3.8, 4) is 17.2 Å². The fourth-order valence-corrected chi connectivity index (χ4v) is 3.46. The highest BCUT2D eigenvalue weighted by atomic mass is 19.1. The van der Waals surface area contributed by atoms with Crippen molar-refractivity contribution in [2.75, 3.05) is 34.9 Å². The molecular weight excluding hydrogens is 423 g/mol. The Labute approximate surface area is 193 Å². The van der Waals surface area contributed by atoms with Crippen molar-refractivity contribution < 1.29 is 23.4 Å². The van der Waals surface area contributed by atoms with Gasteiger partial charge in [-0.3, -0.25) is 4.79 Å².